The maximum Gasteiger partial charge on any atom is 0.274 e. The van der Waals surface area contributed by atoms with Crippen molar-refractivity contribution >= 4 is 39.4 Å². The molecule has 0 radical (unpaired) electrons. The molecule has 0 spiro atoms. The highest BCUT2D eigenvalue weighted by molar-refractivity contribution is 7.15. The van der Waals surface area contributed by atoms with Gasteiger partial charge in [-0.25, -0.2) is 4.98 Å². The Balaban J connectivity index is 1.30. The van der Waals surface area contributed by atoms with Crippen LogP contribution in [0.15, 0.2) is 65.6 Å². The Labute approximate surface area is 201 Å². The van der Waals surface area contributed by atoms with E-state index in [1.54, 1.807) is 0 Å². The normalized spacial score (nSPS) is 15.6. The summed E-state index contributed by atoms with van der Waals surface area (Å²) in [5, 5.41) is 3.90. The first kappa shape index (κ1) is 21.9. The molecule has 1 fully saturated rings. The minimum Gasteiger partial charge on any atom is -0.337 e. The molecule has 3 aromatic heterocycles. The Hall–Kier alpha value is -2.97. The lowest BCUT2D eigenvalue weighted by Crippen LogP contribution is -2.48. The first-order chi connectivity index (χ1) is 16.1. The van der Waals surface area contributed by atoms with Gasteiger partial charge in [0.05, 0.1) is 4.88 Å². The molecule has 1 atom stereocenters. The average Bonchev–Trinajstić information content (AvgIpc) is 3.60. The molecule has 1 saturated heterocycles. The zero-order chi connectivity index (χ0) is 22.8. The lowest BCUT2D eigenvalue weighted by molar-refractivity contribution is 0.0522. The summed E-state index contributed by atoms with van der Waals surface area (Å²) < 4.78 is 1.89. The smallest absolute Gasteiger partial charge is 0.274 e. The lowest BCUT2D eigenvalue weighted by Gasteiger charge is -2.40. The zero-order valence-electron chi connectivity index (χ0n) is 18.5. The van der Waals surface area contributed by atoms with Crippen molar-refractivity contribution < 1.29 is 9.59 Å². The van der Waals surface area contributed by atoms with Gasteiger partial charge in [-0.2, -0.15) is 0 Å². The van der Waals surface area contributed by atoms with E-state index in [9.17, 15) is 9.59 Å². The quantitative estimate of drug-likeness (QED) is 0.404. The van der Waals surface area contributed by atoms with Crippen molar-refractivity contribution in [2.24, 2.45) is 5.92 Å². The van der Waals surface area contributed by atoms with Crippen LogP contribution in [-0.2, 0) is 6.42 Å². The number of likely N-dealkylation sites (tertiary alicyclic amines) is 1. The predicted octanol–water partition coefficient (Wildman–Crippen LogP) is 4.69. The molecular formula is C25H26N4O2S2. The fourth-order valence-corrected chi connectivity index (χ4v) is 6.09. The van der Waals surface area contributed by atoms with Crippen LogP contribution in [0.1, 0.15) is 38.6 Å². The van der Waals surface area contributed by atoms with Crippen molar-refractivity contribution in [2.45, 2.75) is 25.3 Å². The summed E-state index contributed by atoms with van der Waals surface area (Å²) in [6, 6.07) is 14.2. The second-order valence-corrected chi connectivity index (χ2v) is 10.3. The number of rotatable bonds is 6. The number of hydrogen-bond donors (Lipinski definition) is 0. The second-order valence-electron chi connectivity index (χ2n) is 8.50. The van der Waals surface area contributed by atoms with E-state index in [-0.39, 0.29) is 17.9 Å². The van der Waals surface area contributed by atoms with Crippen LogP contribution < -0.4 is 0 Å². The molecule has 1 aromatic carbocycles. The molecule has 0 saturated carbocycles. The molecule has 170 valence electrons. The van der Waals surface area contributed by atoms with Gasteiger partial charge in [-0.15, -0.1) is 22.7 Å². The van der Waals surface area contributed by atoms with Crippen LogP contribution in [0.4, 0.5) is 0 Å². The van der Waals surface area contributed by atoms with Gasteiger partial charge in [-0.05, 0) is 42.2 Å². The van der Waals surface area contributed by atoms with Gasteiger partial charge in [0, 0.05) is 44.0 Å². The van der Waals surface area contributed by atoms with Crippen molar-refractivity contribution in [3.8, 4) is 0 Å². The van der Waals surface area contributed by atoms with Gasteiger partial charge in [0.15, 0.2) is 4.96 Å². The van der Waals surface area contributed by atoms with Crippen LogP contribution >= 0.6 is 22.7 Å². The molecular weight excluding hydrogens is 452 g/mol. The van der Waals surface area contributed by atoms with Gasteiger partial charge >= 0.3 is 0 Å². The topological polar surface area (TPSA) is 57.9 Å². The fourth-order valence-electron chi connectivity index (χ4n) is 4.68. The van der Waals surface area contributed by atoms with E-state index in [1.807, 2.05) is 74.7 Å². The number of fused-ring (bicyclic) bond motifs is 1. The van der Waals surface area contributed by atoms with Crippen molar-refractivity contribution in [1.29, 1.82) is 0 Å². The number of nitrogens with zero attached hydrogens (tertiary/aromatic N) is 4. The third-order valence-electron chi connectivity index (χ3n) is 6.52. The summed E-state index contributed by atoms with van der Waals surface area (Å²) >= 11 is 3.01. The molecule has 4 heterocycles. The number of thiophene rings is 1. The van der Waals surface area contributed by atoms with E-state index in [0.717, 1.165) is 29.1 Å². The summed E-state index contributed by atoms with van der Waals surface area (Å²) in [5.74, 6) is 0.392. The average molecular weight is 479 g/mol. The van der Waals surface area contributed by atoms with Crippen molar-refractivity contribution in [2.75, 3.05) is 20.1 Å². The number of hydrogen-bond acceptors (Lipinski definition) is 5. The number of carbonyl (C=O) groups excluding carboxylic acids is 2. The highest BCUT2D eigenvalue weighted by Gasteiger charge is 2.34. The second kappa shape index (κ2) is 9.49. The Morgan fingerprint density at radius 1 is 1.09 bits per heavy atom. The molecule has 1 aliphatic rings. The number of likely N-dealkylation sites (N-methyl/N-ethyl adjacent to an activating group) is 1. The van der Waals surface area contributed by atoms with Crippen LogP contribution in [-0.4, -0.2) is 57.2 Å². The van der Waals surface area contributed by atoms with Crippen molar-refractivity contribution in [1.82, 2.24) is 19.2 Å². The summed E-state index contributed by atoms with van der Waals surface area (Å²) in [6.45, 7) is 1.36. The third-order valence-corrected chi connectivity index (χ3v) is 8.15. The number of carbonyl (C=O) groups is 2. The van der Waals surface area contributed by atoms with Gasteiger partial charge < -0.3 is 9.80 Å². The third kappa shape index (κ3) is 4.58. The van der Waals surface area contributed by atoms with E-state index in [1.165, 1.54) is 28.2 Å². The van der Waals surface area contributed by atoms with E-state index >= 15 is 0 Å². The maximum absolute atomic E-state index is 13.2. The molecule has 2 amide bonds. The highest BCUT2D eigenvalue weighted by atomic mass is 32.1. The molecule has 4 aromatic rings. The molecule has 8 heteroatoms. The first-order valence-electron chi connectivity index (χ1n) is 11.2. The minimum atomic E-state index is -0.00743. The zero-order valence-corrected chi connectivity index (χ0v) is 20.1. The monoisotopic (exact) mass is 478 g/mol. The van der Waals surface area contributed by atoms with E-state index in [4.69, 9.17) is 0 Å². The van der Waals surface area contributed by atoms with E-state index in [0.29, 0.717) is 24.7 Å². The number of benzene rings is 1. The maximum atomic E-state index is 13.2. The molecule has 0 bridgehead atoms. The van der Waals surface area contributed by atoms with Gasteiger partial charge in [-0.3, -0.25) is 14.0 Å². The Morgan fingerprint density at radius 2 is 1.88 bits per heavy atom. The van der Waals surface area contributed by atoms with Crippen LogP contribution in [0.5, 0.6) is 0 Å². The Morgan fingerprint density at radius 3 is 2.58 bits per heavy atom. The summed E-state index contributed by atoms with van der Waals surface area (Å²) in [6.07, 6.45) is 6.28. The van der Waals surface area contributed by atoms with Gasteiger partial charge in [0.1, 0.15) is 5.69 Å². The minimum absolute atomic E-state index is 0.00743. The Kier molecular flexibility index (Phi) is 6.28. The summed E-state index contributed by atoms with van der Waals surface area (Å²) in [4.78, 5) is 36.1. The molecule has 6 nitrogen and oxygen atoms in total. The Bertz CT molecular complexity index is 1200. The first-order valence-corrected chi connectivity index (χ1v) is 12.9. The SMILES string of the molecule is CN(C(=O)c1cccs1)[C@H](Cc1ccccc1)C1CCN(C(=O)c2cn3ccsc3n2)CC1. The molecule has 33 heavy (non-hydrogen) atoms. The summed E-state index contributed by atoms with van der Waals surface area (Å²) in [7, 11) is 1.92. The molecule has 0 aliphatic carbocycles. The van der Waals surface area contributed by atoms with Crippen LogP contribution in [0.25, 0.3) is 4.96 Å². The van der Waals surface area contributed by atoms with Crippen LogP contribution in [0.2, 0.25) is 0 Å². The van der Waals surface area contributed by atoms with Gasteiger partial charge in [0.2, 0.25) is 0 Å². The van der Waals surface area contributed by atoms with E-state index < -0.39 is 0 Å². The number of amides is 2. The van der Waals surface area contributed by atoms with Crippen LogP contribution in [0, 0.1) is 5.92 Å². The highest BCUT2D eigenvalue weighted by Crippen LogP contribution is 2.28. The number of piperidine rings is 1. The summed E-state index contributed by atoms with van der Waals surface area (Å²) in [5.41, 5.74) is 1.73. The fraction of sp³-hybridized carbons (Fsp3) is 0.320. The predicted molar refractivity (Wildman–Crippen MR) is 132 cm³/mol. The van der Waals surface area contributed by atoms with Crippen molar-refractivity contribution in [3.05, 3.63) is 81.8 Å². The number of thiazole rings is 1. The van der Waals surface area contributed by atoms with E-state index in [2.05, 4.69) is 17.1 Å². The standard InChI is InChI=1S/C25H26N4O2S2/c1-27(24(31)22-8-5-14-32-22)21(16-18-6-3-2-4-7-18)19-9-11-28(12-10-19)23(30)20-17-29-13-15-33-25(29)26-20/h2-8,13-15,17,19,21H,9-12,16H2,1H3/t21-/m1/s1. The largest absolute Gasteiger partial charge is 0.337 e. The molecule has 5 rings (SSSR count). The molecule has 0 unspecified atom stereocenters. The van der Waals surface area contributed by atoms with Gasteiger partial charge in [-0.1, -0.05) is 36.4 Å². The van der Waals surface area contributed by atoms with Gasteiger partial charge in [0.25, 0.3) is 11.8 Å². The number of aromatic nitrogens is 2. The molecule has 0 N–H and O–H groups in total. The van der Waals surface area contributed by atoms with Crippen molar-refractivity contribution in [3.63, 3.8) is 0 Å². The number of imidazole rings is 1. The molecule has 1 aliphatic heterocycles. The lowest BCUT2D eigenvalue weighted by atomic mass is 9.84. The van der Waals surface area contributed by atoms with Crippen LogP contribution in [0.3, 0.4) is 0 Å².